The zero-order valence-electron chi connectivity index (χ0n) is 10.7. The highest BCUT2D eigenvalue weighted by molar-refractivity contribution is 5.67. The second kappa shape index (κ2) is 4.21. The first-order valence-electron chi connectivity index (χ1n) is 5.73. The van der Waals surface area contributed by atoms with E-state index in [1.54, 1.807) is 6.07 Å². The summed E-state index contributed by atoms with van der Waals surface area (Å²) in [5.41, 5.74) is 6.22. The lowest BCUT2D eigenvalue weighted by Crippen LogP contribution is -1.92. The average Bonchev–Trinajstić information content (AvgIpc) is 2.22. The standard InChI is InChI=1S/C15H17NO/c1-9-5-12(4)16-14(6-9)13-7-11(3)15(17)8-10(13)2/h5-8,17H,1-4H3. The Morgan fingerprint density at radius 2 is 1.59 bits per heavy atom. The van der Waals surface area contributed by atoms with Gasteiger partial charge >= 0.3 is 0 Å². The smallest absolute Gasteiger partial charge is 0.118 e. The maximum absolute atomic E-state index is 9.66. The lowest BCUT2D eigenvalue weighted by atomic mass is 10.0. The molecular formula is C15H17NO. The summed E-state index contributed by atoms with van der Waals surface area (Å²) in [6.45, 7) is 7.97. The van der Waals surface area contributed by atoms with Crippen molar-refractivity contribution in [2.24, 2.45) is 0 Å². The van der Waals surface area contributed by atoms with Crippen LogP contribution in [0.25, 0.3) is 11.3 Å². The minimum absolute atomic E-state index is 0.343. The first-order valence-corrected chi connectivity index (χ1v) is 5.73. The van der Waals surface area contributed by atoms with E-state index in [2.05, 4.69) is 24.0 Å². The molecule has 2 rings (SSSR count). The van der Waals surface area contributed by atoms with Gasteiger partial charge in [-0.05, 0) is 68.7 Å². The summed E-state index contributed by atoms with van der Waals surface area (Å²) >= 11 is 0. The molecule has 0 saturated carbocycles. The maximum Gasteiger partial charge on any atom is 0.118 e. The first kappa shape index (κ1) is 11.6. The van der Waals surface area contributed by atoms with Crippen molar-refractivity contribution in [2.75, 3.05) is 0 Å². The Labute approximate surface area is 102 Å². The number of hydrogen-bond acceptors (Lipinski definition) is 2. The van der Waals surface area contributed by atoms with E-state index < -0.39 is 0 Å². The molecule has 17 heavy (non-hydrogen) atoms. The highest BCUT2D eigenvalue weighted by atomic mass is 16.3. The van der Waals surface area contributed by atoms with Crippen LogP contribution in [0.15, 0.2) is 24.3 Å². The highest BCUT2D eigenvalue weighted by Gasteiger charge is 2.07. The van der Waals surface area contributed by atoms with Crippen LogP contribution in [-0.4, -0.2) is 10.1 Å². The summed E-state index contributed by atoms with van der Waals surface area (Å²) < 4.78 is 0. The predicted molar refractivity (Wildman–Crippen MR) is 70.3 cm³/mol. The minimum Gasteiger partial charge on any atom is -0.508 e. The van der Waals surface area contributed by atoms with Gasteiger partial charge in [-0.2, -0.15) is 0 Å². The Hall–Kier alpha value is -1.83. The molecule has 2 nitrogen and oxygen atoms in total. The summed E-state index contributed by atoms with van der Waals surface area (Å²) in [4.78, 5) is 4.55. The summed E-state index contributed by atoms with van der Waals surface area (Å²) in [6, 6.07) is 7.92. The summed E-state index contributed by atoms with van der Waals surface area (Å²) in [7, 11) is 0. The molecule has 0 aliphatic carbocycles. The molecule has 0 bridgehead atoms. The molecule has 0 saturated heterocycles. The number of rotatable bonds is 1. The van der Waals surface area contributed by atoms with Crippen LogP contribution in [0.3, 0.4) is 0 Å². The number of phenolic OH excluding ortho intramolecular Hbond substituents is 1. The Kier molecular flexibility index (Phi) is 2.88. The van der Waals surface area contributed by atoms with Gasteiger partial charge in [-0.15, -0.1) is 0 Å². The van der Waals surface area contributed by atoms with E-state index in [0.717, 1.165) is 28.1 Å². The number of pyridine rings is 1. The molecule has 0 aliphatic heterocycles. The van der Waals surface area contributed by atoms with Gasteiger partial charge in [0.1, 0.15) is 5.75 Å². The van der Waals surface area contributed by atoms with Crippen molar-refractivity contribution < 1.29 is 5.11 Å². The molecule has 0 unspecified atom stereocenters. The fourth-order valence-electron chi connectivity index (χ4n) is 2.06. The van der Waals surface area contributed by atoms with Crippen LogP contribution in [0, 0.1) is 27.7 Å². The lowest BCUT2D eigenvalue weighted by molar-refractivity contribution is 0.471. The highest BCUT2D eigenvalue weighted by Crippen LogP contribution is 2.28. The van der Waals surface area contributed by atoms with Gasteiger partial charge in [0.2, 0.25) is 0 Å². The molecule has 88 valence electrons. The number of aromatic hydroxyl groups is 1. The Bertz CT molecular complexity index is 553. The van der Waals surface area contributed by atoms with Gasteiger partial charge in [0.25, 0.3) is 0 Å². The Morgan fingerprint density at radius 3 is 2.24 bits per heavy atom. The van der Waals surface area contributed by atoms with Crippen molar-refractivity contribution in [3.8, 4) is 17.0 Å². The van der Waals surface area contributed by atoms with Crippen molar-refractivity contribution in [1.82, 2.24) is 4.98 Å². The third-order valence-electron chi connectivity index (χ3n) is 2.92. The van der Waals surface area contributed by atoms with Crippen LogP contribution >= 0.6 is 0 Å². The molecule has 0 radical (unpaired) electrons. The van der Waals surface area contributed by atoms with Gasteiger partial charge in [-0.3, -0.25) is 4.98 Å². The SMILES string of the molecule is Cc1cc(C)nc(-c2cc(C)c(O)cc2C)c1. The Balaban J connectivity index is 2.64. The minimum atomic E-state index is 0.343. The third kappa shape index (κ3) is 2.31. The van der Waals surface area contributed by atoms with Gasteiger partial charge < -0.3 is 5.11 Å². The quantitative estimate of drug-likeness (QED) is 0.806. The normalized spacial score (nSPS) is 10.6. The molecule has 1 aromatic heterocycles. The Morgan fingerprint density at radius 1 is 0.882 bits per heavy atom. The molecule has 0 amide bonds. The number of phenols is 1. The van der Waals surface area contributed by atoms with Gasteiger partial charge in [0.05, 0.1) is 5.69 Å². The van der Waals surface area contributed by atoms with E-state index >= 15 is 0 Å². The van der Waals surface area contributed by atoms with E-state index in [1.165, 1.54) is 5.56 Å². The second-order valence-electron chi connectivity index (χ2n) is 4.62. The zero-order chi connectivity index (χ0) is 12.6. The number of aromatic nitrogens is 1. The van der Waals surface area contributed by atoms with Gasteiger partial charge in [-0.1, -0.05) is 0 Å². The van der Waals surface area contributed by atoms with Crippen molar-refractivity contribution in [3.63, 3.8) is 0 Å². The fraction of sp³-hybridized carbons (Fsp3) is 0.267. The molecule has 1 N–H and O–H groups in total. The largest absolute Gasteiger partial charge is 0.508 e. The van der Waals surface area contributed by atoms with Crippen LogP contribution in [0.1, 0.15) is 22.4 Å². The van der Waals surface area contributed by atoms with E-state index in [0.29, 0.717) is 5.75 Å². The molecule has 0 spiro atoms. The molecule has 0 atom stereocenters. The fourth-order valence-corrected chi connectivity index (χ4v) is 2.06. The van der Waals surface area contributed by atoms with Crippen LogP contribution in [-0.2, 0) is 0 Å². The lowest BCUT2D eigenvalue weighted by Gasteiger charge is -2.10. The summed E-state index contributed by atoms with van der Waals surface area (Å²) in [6.07, 6.45) is 0. The van der Waals surface area contributed by atoms with Gasteiger partial charge in [0, 0.05) is 11.3 Å². The van der Waals surface area contributed by atoms with Crippen molar-refractivity contribution in [1.29, 1.82) is 0 Å². The van der Waals surface area contributed by atoms with Crippen LogP contribution in [0.2, 0.25) is 0 Å². The molecule has 2 aromatic rings. The molecule has 0 fully saturated rings. The van der Waals surface area contributed by atoms with Crippen LogP contribution in [0.5, 0.6) is 5.75 Å². The third-order valence-corrected chi connectivity index (χ3v) is 2.92. The monoisotopic (exact) mass is 227 g/mol. The molecule has 1 aromatic carbocycles. The summed E-state index contributed by atoms with van der Waals surface area (Å²) in [5.74, 6) is 0.343. The molecule has 2 heteroatoms. The van der Waals surface area contributed by atoms with Crippen LogP contribution < -0.4 is 0 Å². The van der Waals surface area contributed by atoms with E-state index in [9.17, 15) is 5.11 Å². The molecular weight excluding hydrogens is 210 g/mol. The van der Waals surface area contributed by atoms with Crippen LogP contribution in [0.4, 0.5) is 0 Å². The summed E-state index contributed by atoms with van der Waals surface area (Å²) in [5, 5.41) is 9.66. The number of hydrogen-bond donors (Lipinski definition) is 1. The molecule has 1 heterocycles. The maximum atomic E-state index is 9.66. The van der Waals surface area contributed by atoms with Gasteiger partial charge in [0.15, 0.2) is 0 Å². The van der Waals surface area contributed by atoms with Crippen molar-refractivity contribution in [3.05, 3.63) is 46.6 Å². The first-order chi connectivity index (χ1) is 7.97. The topological polar surface area (TPSA) is 33.1 Å². The zero-order valence-corrected chi connectivity index (χ0v) is 10.7. The second-order valence-corrected chi connectivity index (χ2v) is 4.62. The van der Waals surface area contributed by atoms with E-state index in [1.807, 2.05) is 26.8 Å². The predicted octanol–water partition coefficient (Wildman–Crippen LogP) is 3.69. The van der Waals surface area contributed by atoms with E-state index in [-0.39, 0.29) is 0 Å². The number of aryl methyl sites for hydroxylation is 4. The molecule has 0 aliphatic rings. The van der Waals surface area contributed by atoms with Crippen molar-refractivity contribution in [2.45, 2.75) is 27.7 Å². The van der Waals surface area contributed by atoms with Gasteiger partial charge in [-0.25, -0.2) is 0 Å². The number of nitrogens with zero attached hydrogens (tertiary/aromatic N) is 1. The van der Waals surface area contributed by atoms with Crippen molar-refractivity contribution >= 4 is 0 Å². The average molecular weight is 227 g/mol. The number of benzene rings is 1. The van der Waals surface area contributed by atoms with E-state index in [4.69, 9.17) is 0 Å².